The van der Waals surface area contributed by atoms with Crippen molar-refractivity contribution in [2.75, 3.05) is 19.1 Å². The van der Waals surface area contributed by atoms with Crippen LogP contribution in [0.5, 0.6) is 11.5 Å². The normalized spacial score (nSPS) is 17.6. The summed E-state index contributed by atoms with van der Waals surface area (Å²) in [5.41, 5.74) is 1.57. The first kappa shape index (κ1) is 21.2. The first-order valence-electron chi connectivity index (χ1n) is 10.0. The number of hydrogen-bond donors (Lipinski definition) is 1. The highest BCUT2D eigenvalue weighted by molar-refractivity contribution is 6.51. The summed E-state index contributed by atoms with van der Waals surface area (Å²) in [5, 5.41) is 11.3. The number of benzene rings is 2. The van der Waals surface area contributed by atoms with Crippen molar-refractivity contribution in [3.8, 4) is 11.5 Å². The van der Waals surface area contributed by atoms with Gasteiger partial charge in [-0.2, -0.15) is 0 Å². The molecule has 3 aromatic rings. The van der Waals surface area contributed by atoms with Crippen molar-refractivity contribution < 1.29 is 28.6 Å². The Morgan fingerprint density at radius 2 is 1.75 bits per heavy atom. The fourth-order valence-electron chi connectivity index (χ4n) is 3.92. The lowest BCUT2D eigenvalue weighted by Gasteiger charge is -2.25. The van der Waals surface area contributed by atoms with Crippen molar-refractivity contribution in [1.82, 2.24) is 0 Å². The minimum atomic E-state index is -0.934. The maximum absolute atomic E-state index is 13.2. The Labute approximate surface area is 185 Å². The average molecular weight is 433 g/mol. The van der Waals surface area contributed by atoms with Gasteiger partial charge in [0.25, 0.3) is 11.7 Å². The summed E-state index contributed by atoms with van der Waals surface area (Å²) in [5.74, 6) is -0.0697. The minimum absolute atomic E-state index is 0.0731. The van der Waals surface area contributed by atoms with Gasteiger partial charge in [0.1, 0.15) is 34.8 Å². The first-order chi connectivity index (χ1) is 15.4. The van der Waals surface area contributed by atoms with Crippen molar-refractivity contribution >= 4 is 23.1 Å². The number of ether oxygens (including phenoxy) is 2. The molecule has 1 aromatic heterocycles. The topological polar surface area (TPSA) is 89.2 Å². The van der Waals surface area contributed by atoms with Gasteiger partial charge in [-0.1, -0.05) is 18.2 Å². The van der Waals surface area contributed by atoms with E-state index in [0.29, 0.717) is 28.7 Å². The second kappa shape index (κ2) is 8.26. The molecule has 0 aliphatic carbocycles. The van der Waals surface area contributed by atoms with E-state index in [0.717, 1.165) is 5.56 Å². The Morgan fingerprint density at radius 1 is 1.00 bits per heavy atom. The molecular weight excluding hydrogens is 410 g/mol. The predicted molar refractivity (Wildman–Crippen MR) is 119 cm³/mol. The Hall–Kier alpha value is -4.00. The van der Waals surface area contributed by atoms with E-state index in [9.17, 15) is 14.7 Å². The second-order valence-corrected chi connectivity index (χ2v) is 7.47. The Bertz CT molecular complexity index is 1240. The van der Waals surface area contributed by atoms with Crippen LogP contribution < -0.4 is 14.4 Å². The lowest BCUT2D eigenvalue weighted by molar-refractivity contribution is -0.132. The number of carbonyl (C=O) groups is 2. The molecule has 1 fully saturated rings. The highest BCUT2D eigenvalue weighted by Crippen LogP contribution is 2.44. The van der Waals surface area contributed by atoms with Gasteiger partial charge in [-0.15, -0.1) is 0 Å². The number of aliphatic hydroxyl groups excluding tert-OH is 1. The quantitative estimate of drug-likeness (QED) is 0.361. The van der Waals surface area contributed by atoms with Crippen molar-refractivity contribution in [2.24, 2.45) is 0 Å². The Balaban J connectivity index is 1.97. The van der Waals surface area contributed by atoms with Crippen LogP contribution in [0.1, 0.15) is 28.7 Å². The molecule has 1 N–H and O–H groups in total. The molecule has 32 heavy (non-hydrogen) atoms. The summed E-state index contributed by atoms with van der Waals surface area (Å²) in [7, 11) is 2.96. The molecule has 0 saturated carbocycles. The summed E-state index contributed by atoms with van der Waals surface area (Å²) in [4.78, 5) is 27.8. The zero-order valence-corrected chi connectivity index (χ0v) is 18.2. The Morgan fingerprint density at radius 3 is 2.38 bits per heavy atom. The largest absolute Gasteiger partial charge is 0.507 e. The van der Waals surface area contributed by atoms with Crippen LogP contribution in [0, 0.1) is 13.8 Å². The maximum atomic E-state index is 13.2. The van der Waals surface area contributed by atoms with Crippen LogP contribution in [-0.4, -0.2) is 31.0 Å². The van der Waals surface area contributed by atoms with Crippen LogP contribution in [0.4, 0.5) is 5.69 Å². The third-order valence-corrected chi connectivity index (χ3v) is 5.51. The Kier molecular flexibility index (Phi) is 5.48. The van der Waals surface area contributed by atoms with E-state index in [1.807, 2.05) is 19.1 Å². The van der Waals surface area contributed by atoms with Gasteiger partial charge >= 0.3 is 0 Å². The molecule has 1 saturated heterocycles. The molecule has 0 bridgehead atoms. The number of hydrogen-bond acceptors (Lipinski definition) is 6. The molecule has 2 heterocycles. The van der Waals surface area contributed by atoms with Crippen LogP contribution in [-0.2, 0) is 9.59 Å². The van der Waals surface area contributed by atoms with Crippen molar-refractivity contribution in [1.29, 1.82) is 0 Å². The van der Waals surface area contributed by atoms with Gasteiger partial charge < -0.3 is 19.0 Å². The summed E-state index contributed by atoms with van der Waals surface area (Å²) >= 11 is 0. The predicted octanol–water partition coefficient (Wildman–Crippen LogP) is 4.54. The van der Waals surface area contributed by atoms with Gasteiger partial charge in [0.15, 0.2) is 0 Å². The van der Waals surface area contributed by atoms with Crippen LogP contribution >= 0.6 is 0 Å². The number of para-hydroxylation sites is 1. The number of aliphatic hydroxyl groups is 1. The first-order valence-corrected chi connectivity index (χ1v) is 10.0. The van der Waals surface area contributed by atoms with Gasteiger partial charge in [0.05, 0.1) is 25.4 Å². The number of methoxy groups -OCH3 is 2. The number of Topliss-reactive ketones (excluding diaryl/α,β-unsaturated/α-hetero) is 1. The molecule has 1 aliphatic heterocycles. The van der Waals surface area contributed by atoms with E-state index in [1.165, 1.54) is 19.1 Å². The number of amides is 1. The van der Waals surface area contributed by atoms with E-state index in [1.54, 1.807) is 49.4 Å². The number of rotatable bonds is 5. The molecule has 4 rings (SSSR count). The van der Waals surface area contributed by atoms with E-state index >= 15 is 0 Å². The van der Waals surface area contributed by atoms with Gasteiger partial charge in [-0.3, -0.25) is 14.5 Å². The van der Waals surface area contributed by atoms with Crippen LogP contribution in [0.3, 0.4) is 0 Å². The van der Waals surface area contributed by atoms with E-state index < -0.39 is 17.7 Å². The van der Waals surface area contributed by atoms with Crippen LogP contribution in [0.2, 0.25) is 0 Å². The lowest BCUT2D eigenvalue weighted by Crippen LogP contribution is -2.29. The number of nitrogens with zero attached hydrogens (tertiary/aromatic N) is 1. The molecule has 1 atom stereocenters. The molecule has 2 aromatic carbocycles. The molecule has 1 unspecified atom stereocenters. The molecule has 7 nitrogen and oxygen atoms in total. The fraction of sp³-hybridized carbons (Fsp3) is 0.200. The van der Waals surface area contributed by atoms with Gasteiger partial charge in [0.2, 0.25) is 0 Å². The monoisotopic (exact) mass is 433 g/mol. The minimum Gasteiger partial charge on any atom is -0.507 e. The zero-order valence-electron chi connectivity index (χ0n) is 18.2. The van der Waals surface area contributed by atoms with Crippen LogP contribution in [0.15, 0.2) is 64.6 Å². The maximum Gasteiger partial charge on any atom is 0.300 e. The van der Waals surface area contributed by atoms with Gasteiger partial charge in [-0.25, -0.2) is 0 Å². The van der Waals surface area contributed by atoms with E-state index in [2.05, 4.69) is 0 Å². The van der Waals surface area contributed by atoms with Gasteiger partial charge in [-0.05, 0) is 49.7 Å². The standard InChI is InChI=1S/C25H23NO6/c1-14-7-5-6-8-18(14)26-22(19-12-9-15(2)32-19)21(24(28)25(26)29)23(27)17-11-10-16(30-3)13-20(17)31-4/h5-13,22,27H,1-4H3/b23-21-. The summed E-state index contributed by atoms with van der Waals surface area (Å²) < 4.78 is 16.4. The number of anilines is 1. The molecule has 164 valence electrons. The molecule has 1 aliphatic rings. The number of furan rings is 1. The van der Waals surface area contributed by atoms with Crippen molar-refractivity contribution in [3.63, 3.8) is 0 Å². The molecule has 7 heteroatoms. The van der Waals surface area contributed by atoms with E-state index in [-0.39, 0.29) is 16.9 Å². The number of carbonyl (C=O) groups excluding carboxylic acids is 2. The SMILES string of the molecule is COc1ccc(/C(O)=C2/C(=O)C(=O)N(c3ccccc3C)C2c2ccc(C)o2)c(OC)c1. The third-order valence-electron chi connectivity index (χ3n) is 5.51. The number of ketones is 1. The summed E-state index contributed by atoms with van der Waals surface area (Å²) in [6.45, 7) is 3.63. The fourth-order valence-corrected chi connectivity index (χ4v) is 3.92. The third kappa shape index (κ3) is 3.41. The summed E-state index contributed by atoms with van der Waals surface area (Å²) in [6, 6.07) is 14.6. The number of aryl methyl sites for hydroxylation is 2. The highest BCUT2D eigenvalue weighted by atomic mass is 16.5. The van der Waals surface area contributed by atoms with Gasteiger partial charge in [0, 0.05) is 11.8 Å². The van der Waals surface area contributed by atoms with Crippen molar-refractivity contribution in [3.05, 3.63) is 82.8 Å². The van der Waals surface area contributed by atoms with Crippen molar-refractivity contribution in [2.45, 2.75) is 19.9 Å². The lowest BCUT2D eigenvalue weighted by atomic mass is 9.98. The zero-order chi connectivity index (χ0) is 23.0. The smallest absolute Gasteiger partial charge is 0.300 e. The van der Waals surface area contributed by atoms with E-state index in [4.69, 9.17) is 13.9 Å². The van der Waals surface area contributed by atoms with Crippen LogP contribution in [0.25, 0.3) is 5.76 Å². The molecule has 1 amide bonds. The molecule has 0 spiro atoms. The average Bonchev–Trinajstić information content (AvgIpc) is 3.34. The highest BCUT2D eigenvalue weighted by Gasteiger charge is 2.49. The molecule has 0 radical (unpaired) electrons. The summed E-state index contributed by atoms with van der Waals surface area (Å²) in [6.07, 6.45) is 0. The molecular formula is C25H23NO6. The second-order valence-electron chi connectivity index (χ2n) is 7.47.